The zero-order valence-corrected chi connectivity index (χ0v) is 19.1. The van der Waals surface area contributed by atoms with Crippen LogP contribution in [0.4, 0.5) is 5.69 Å². The SMILES string of the molecule is COc1c(Cl)cc(Cl)cc1C(=O)Nc1ccc(Cl)c(-c2nc3cc(C)cc(C)c3o2)c1. The van der Waals surface area contributed by atoms with E-state index in [1.54, 1.807) is 18.2 Å². The monoisotopic (exact) mass is 474 g/mol. The molecule has 0 aliphatic carbocycles. The average molecular weight is 476 g/mol. The number of nitrogens with zero attached hydrogens (tertiary/aromatic N) is 1. The molecule has 0 aliphatic rings. The number of anilines is 1. The fourth-order valence-electron chi connectivity index (χ4n) is 3.39. The van der Waals surface area contributed by atoms with Crippen molar-refractivity contribution in [2.45, 2.75) is 13.8 Å². The van der Waals surface area contributed by atoms with Crippen molar-refractivity contribution in [2.24, 2.45) is 0 Å². The molecule has 31 heavy (non-hydrogen) atoms. The van der Waals surface area contributed by atoms with Gasteiger partial charge in [-0.05, 0) is 61.4 Å². The van der Waals surface area contributed by atoms with Gasteiger partial charge in [0.25, 0.3) is 5.91 Å². The first-order valence-electron chi connectivity index (χ1n) is 9.29. The molecular formula is C23H17Cl3N2O3. The topological polar surface area (TPSA) is 64.4 Å². The van der Waals surface area contributed by atoms with E-state index in [0.29, 0.717) is 32.8 Å². The van der Waals surface area contributed by atoms with E-state index in [2.05, 4.69) is 10.3 Å². The minimum Gasteiger partial charge on any atom is -0.494 e. The second-order valence-electron chi connectivity index (χ2n) is 7.07. The number of carbonyl (C=O) groups excluding carboxylic acids is 1. The van der Waals surface area contributed by atoms with Gasteiger partial charge in [-0.2, -0.15) is 0 Å². The molecule has 4 rings (SSSR count). The quantitative estimate of drug-likeness (QED) is 0.335. The molecule has 1 N–H and O–H groups in total. The van der Waals surface area contributed by atoms with Crippen LogP contribution in [0.25, 0.3) is 22.6 Å². The summed E-state index contributed by atoms with van der Waals surface area (Å²) in [5.41, 5.74) is 4.79. The number of carbonyl (C=O) groups is 1. The highest BCUT2D eigenvalue weighted by Gasteiger charge is 2.19. The lowest BCUT2D eigenvalue weighted by atomic mass is 10.1. The van der Waals surface area contributed by atoms with Crippen molar-refractivity contribution in [1.29, 1.82) is 0 Å². The second-order valence-corrected chi connectivity index (χ2v) is 8.32. The summed E-state index contributed by atoms with van der Waals surface area (Å²) in [5.74, 6) is 0.175. The Morgan fingerprint density at radius 1 is 1.03 bits per heavy atom. The molecule has 8 heteroatoms. The normalized spacial score (nSPS) is 11.0. The first kappa shape index (κ1) is 21.5. The number of ether oxygens (including phenoxy) is 1. The van der Waals surface area contributed by atoms with E-state index in [1.165, 1.54) is 19.2 Å². The largest absolute Gasteiger partial charge is 0.494 e. The molecule has 0 saturated carbocycles. The van der Waals surface area contributed by atoms with E-state index in [0.717, 1.165) is 16.6 Å². The molecule has 0 spiro atoms. The number of aromatic nitrogens is 1. The van der Waals surface area contributed by atoms with Gasteiger partial charge in [-0.1, -0.05) is 40.9 Å². The Morgan fingerprint density at radius 3 is 2.55 bits per heavy atom. The summed E-state index contributed by atoms with van der Waals surface area (Å²) in [7, 11) is 1.43. The van der Waals surface area contributed by atoms with Gasteiger partial charge in [0.1, 0.15) is 11.3 Å². The standard InChI is InChI=1S/C23H17Cl3N2O3/c1-11-6-12(2)20-19(7-11)28-23(31-20)15-10-14(4-5-17(15)25)27-22(29)16-8-13(24)9-18(26)21(16)30-3/h4-10H,1-3H3,(H,27,29). The van der Waals surface area contributed by atoms with Gasteiger partial charge in [-0.15, -0.1) is 0 Å². The van der Waals surface area contributed by atoms with E-state index in [9.17, 15) is 4.79 Å². The molecule has 5 nitrogen and oxygen atoms in total. The third-order valence-corrected chi connectivity index (χ3v) is 5.56. The van der Waals surface area contributed by atoms with E-state index in [1.807, 2.05) is 26.0 Å². The van der Waals surface area contributed by atoms with E-state index >= 15 is 0 Å². The van der Waals surface area contributed by atoms with Crippen molar-refractivity contribution in [3.05, 3.63) is 74.2 Å². The number of halogens is 3. The van der Waals surface area contributed by atoms with Crippen molar-refractivity contribution < 1.29 is 13.9 Å². The van der Waals surface area contributed by atoms with Crippen LogP contribution in [0.3, 0.4) is 0 Å². The van der Waals surface area contributed by atoms with Gasteiger partial charge in [0, 0.05) is 10.7 Å². The Balaban J connectivity index is 1.71. The first-order chi connectivity index (χ1) is 14.8. The minimum absolute atomic E-state index is 0.212. The van der Waals surface area contributed by atoms with Gasteiger partial charge in [0.2, 0.25) is 5.89 Å². The Hall–Kier alpha value is -2.73. The molecule has 0 saturated heterocycles. The van der Waals surface area contributed by atoms with Crippen LogP contribution in [0, 0.1) is 13.8 Å². The summed E-state index contributed by atoms with van der Waals surface area (Å²) in [6.45, 7) is 3.96. The molecule has 0 fully saturated rings. The zero-order valence-electron chi connectivity index (χ0n) is 16.8. The van der Waals surface area contributed by atoms with Crippen LogP contribution in [0.2, 0.25) is 15.1 Å². The van der Waals surface area contributed by atoms with E-state index in [4.69, 9.17) is 44.0 Å². The Bertz CT molecular complexity index is 1330. The van der Waals surface area contributed by atoms with Crippen LogP contribution in [-0.4, -0.2) is 18.0 Å². The molecule has 1 amide bonds. The minimum atomic E-state index is -0.432. The predicted octanol–water partition coefficient (Wildman–Crippen LogP) is 7.33. The van der Waals surface area contributed by atoms with Gasteiger partial charge in [-0.25, -0.2) is 4.98 Å². The Kier molecular flexibility index (Phi) is 5.84. The molecule has 0 radical (unpaired) electrons. The van der Waals surface area contributed by atoms with Crippen LogP contribution < -0.4 is 10.1 Å². The summed E-state index contributed by atoms with van der Waals surface area (Å²) in [4.78, 5) is 17.4. The maximum atomic E-state index is 12.9. The number of methoxy groups -OCH3 is 1. The fraction of sp³-hybridized carbons (Fsp3) is 0.130. The highest BCUT2D eigenvalue weighted by atomic mass is 35.5. The average Bonchev–Trinajstić information content (AvgIpc) is 3.13. The predicted molar refractivity (Wildman–Crippen MR) is 125 cm³/mol. The van der Waals surface area contributed by atoms with Crippen molar-refractivity contribution in [3.63, 3.8) is 0 Å². The summed E-state index contributed by atoms with van der Waals surface area (Å²) in [6.07, 6.45) is 0. The molecule has 1 heterocycles. The molecule has 0 aliphatic heterocycles. The molecule has 4 aromatic rings. The van der Waals surface area contributed by atoms with Crippen LogP contribution >= 0.6 is 34.8 Å². The summed E-state index contributed by atoms with van der Waals surface area (Å²) >= 11 is 18.6. The van der Waals surface area contributed by atoms with Crippen molar-refractivity contribution >= 4 is 57.5 Å². The van der Waals surface area contributed by atoms with Crippen LogP contribution in [0.1, 0.15) is 21.5 Å². The highest BCUT2D eigenvalue weighted by Crippen LogP contribution is 2.35. The van der Waals surface area contributed by atoms with Crippen molar-refractivity contribution in [1.82, 2.24) is 4.98 Å². The van der Waals surface area contributed by atoms with Gasteiger partial charge < -0.3 is 14.5 Å². The summed E-state index contributed by atoms with van der Waals surface area (Å²) in [5, 5.41) is 3.83. The molecule has 3 aromatic carbocycles. The third kappa shape index (κ3) is 4.22. The van der Waals surface area contributed by atoms with Crippen molar-refractivity contribution in [2.75, 3.05) is 12.4 Å². The molecule has 0 atom stereocenters. The number of aryl methyl sites for hydroxylation is 2. The lowest BCUT2D eigenvalue weighted by Gasteiger charge is -2.12. The fourth-order valence-corrected chi connectivity index (χ4v) is 4.16. The lowest BCUT2D eigenvalue weighted by molar-refractivity contribution is 0.102. The van der Waals surface area contributed by atoms with Gasteiger partial charge in [0.05, 0.1) is 28.3 Å². The summed E-state index contributed by atoms with van der Waals surface area (Å²) in [6, 6.07) is 12.0. The van der Waals surface area contributed by atoms with Gasteiger partial charge in [0.15, 0.2) is 5.58 Å². The lowest BCUT2D eigenvalue weighted by Crippen LogP contribution is -2.13. The van der Waals surface area contributed by atoms with Crippen molar-refractivity contribution in [3.8, 4) is 17.2 Å². The number of hydrogen-bond acceptors (Lipinski definition) is 4. The number of rotatable bonds is 4. The number of amides is 1. The zero-order chi connectivity index (χ0) is 22.3. The summed E-state index contributed by atoms with van der Waals surface area (Å²) < 4.78 is 11.2. The molecule has 1 aromatic heterocycles. The number of nitrogens with one attached hydrogen (secondary N) is 1. The van der Waals surface area contributed by atoms with E-state index in [-0.39, 0.29) is 16.3 Å². The Morgan fingerprint density at radius 2 is 1.81 bits per heavy atom. The van der Waals surface area contributed by atoms with Crippen LogP contribution in [0.5, 0.6) is 5.75 Å². The molecule has 0 bridgehead atoms. The number of fused-ring (bicyclic) bond motifs is 1. The van der Waals surface area contributed by atoms with Gasteiger partial charge >= 0.3 is 0 Å². The maximum absolute atomic E-state index is 12.9. The first-order valence-corrected chi connectivity index (χ1v) is 10.4. The Labute approximate surface area is 193 Å². The van der Waals surface area contributed by atoms with Crippen LogP contribution in [-0.2, 0) is 0 Å². The van der Waals surface area contributed by atoms with Crippen LogP contribution in [0.15, 0.2) is 46.9 Å². The smallest absolute Gasteiger partial charge is 0.259 e. The highest BCUT2D eigenvalue weighted by molar-refractivity contribution is 6.36. The third-order valence-electron chi connectivity index (χ3n) is 4.73. The molecule has 158 valence electrons. The second kappa shape index (κ2) is 8.42. The van der Waals surface area contributed by atoms with Gasteiger partial charge in [-0.3, -0.25) is 4.79 Å². The molecular weight excluding hydrogens is 459 g/mol. The molecule has 0 unspecified atom stereocenters. The number of benzene rings is 3. The number of oxazole rings is 1. The van der Waals surface area contributed by atoms with E-state index < -0.39 is 5.91 Å². The maximum Gasteiger partial charge on any atom is 0.259 e. The number of hydrogen-bond donors (Lipinski definition) is 1.